The lowest BCUT2D eigenvalue weighted by molar-refractivity contribution is -0.122. The molecule has 0 spiro atoms. The molecule has 5 nitrogen and oxygen atoms in total. The highest BCUT2D eigenvalue weighted by molar-refractivity contribution is 5.86. The molecule has 0 atom stereocenters. The lowest BCUT2D eigenvalue weighted by Crippen LogP contribution is -2.22. The van der Waals surface area contributed by atoms with Crippen LogP contribution in [0.2, 0.25) is 0 Å². The van der Waals surface area contributed by atoms with Gasteiger partial charge in [-0.25, -0.2) is 0 Å². The van der Waals surface area contributed by atoms with Gasteiger partial charge in [0.15, 0.2) is 0 Å². The van der Waals surface area contributed by atoms with Crippen LogP contribution in [0.15, 0.2) is 48.5 Å². The topological polar surface area (TPSA) is 74.3 Å². The highest BCUT2D eigenvalue weighted by Gasteiger charge is 2.15. The average molecular weight is 338 g/mol. The minimum Gasteiger partial charge on any atom is -0.493 e. The molecule has 0 aliphatic carbocycles. The summed E-state index contributed by atoms with van der Waals surface area (Å²) in [5.74, 6) is 0.962. The average Bonchev–Trinajstić information content (AvgIpc) is 3.01. The lowest BCUT2D eigenvalue weighted by Gasteiger charge is -2.12. The Morgan fingerprint density at radius 1 is 1.16 bits per heavy atom. The summed E-state index contributed by atoms with van der Waals surface area (Å²) in [4.78, 5) is 11.9. The molecular weight excluding hydrogens is 316 g/mol. The molecule has 0 saturated heterocycles. The maximum atomic E-state index is 8.36. The van der Waals surface area contributed by atoms with Gasteiger partial charge in [-0.15, -0.1) is 0 Å². The monoisotopic (exact) mass is 338 g/mol. The van der Waals surface area contributed by atoms with E-state index in [0.717, 1.165) is 31.7 Å². The molecule has 1 aliphatic rings. The number of ether oxygens (including phenoxy) is 1. The fourth-order valence-corrected chi connectivity index (χ4v) is 3.17. The highest BCUT2D eigenvalue weighted by atomic mass is 16.5. The van der Waals surface area contributed by atoms with Crippen molar-refractivity contribution in [3.05, 3.63) is 65.4 Å². The van der Waals surface area contributed by atoms with Gasteiger partial charge in [0, 0.05) is 29.6 Å². The summed E-state index contributed by atoms with van der Waals surface area (Å²) in [5.41, 5.74) is 5.29. The zero-order valence-corrected chi connectivity index (χ0v) is 14.0. The standard InChI is InChI=1S/C19H20N2O.CH2O2/c1-2-4-14(5-3-1)9-11-22-15-6-7-18-17(12-15)16-8-10-20-13-19(16)21-18;2-1-3/h1-7,12,20-21H,8-11,13H2;1H,(H,2,3). The minimum absolute atomic E-state index is 0.250. The number of fused-ring (bicyclic) bond motifs is 3. The molecule has 0 fully saturated rings. The van der Waals surface area contributed by atoms with Crippen LogP contribution in [0.4, 0.5) is 0 Å². The molecule has 3 N–H and O–H groups in total. The first-order valence-electron chi connectivity index (χ1n) is 8.40. The van der Waals surface area contributed by atoms with Gasteiger partial charge in [0.2, 0.25) is 0 Å². The Bertz CT molecular complexity index is 828. The van der Waals surface area contributed by atoms with Gasteiger partial charge in [0.1, 0.15) is 5.75 Å². The summed E-state index contributed by atoms with van der Waals surface area (Å²) in [6.07, 6.45) is 2.02. The number of rotatable bonds is 4. The third-order valence-corrected chi connectivity index (χ3v) is 4.32. The number of carbonyl (C=O) groups is 1. The fraction of sp³-hybridized carbons (Fsp3) is 0.250. The van der Waals surface area contributed by atoms with Crippen molar-refractivity contribution in [2.75, 3.05) is 13.2 Å². The second-order valence-corrected chi connectivity index (χ2v) is 5.91. The third kappa shape index (κ3) is 4.19. The molecule has 0 amide bonds. The Morgan fingerprint density at radius 3 is 2.76 bits per heavy atom. The number of aromatic amines is 1. The summed E-state index contributed by atoms with van der Waals surface area (Å²) in [5, 5.41) is 11.6. The van der Waals surface area contributed by atoms with Crippen molar-refractivity contribution < 1.29 is 14.6 Å². The zero-order valence-electron chi connectivity index (χ0n) is 14.0. The van der Waals surface area contributed by atoms with Crippen molar-refractivity contribution in [1.29, 1.82) is 0 Å². The number of benzene rings is 2. The number of nitrogens with one attached hydrogen (secondary N) is 2. The van der Waals surface area contributed by atoms with E-state index in [1.54, 1.807) is 0 Å². The molecule has 0 unspecified atom stereocenters. The van der Waals surface area contributed by atoms with Crippen LogP contribution in [-0.4, -0.2) is 29.7 Å². The Labute approximate surface area is 146 Å². The van der Waals surface area contributed by atoms with Crippen LogP contribution in [0.5, 0.6) is 5.75 Å². The van der Waals surface area contributed by atoms with Crippen LogP contribution in [0.25, 0.3) is 10.9 Å². The van der Waals surface area contributed by atoms with Crippen molar-refractivity contribution in [3.63, 3.8) is 0 Å². The first kappa shape index (κ1) is 17.0. The molecule has 0 bridgehead atoms. The van der Waals surface area contributed by atoms with Gasteiger partial charge in [-0.1, -0.05) is 30.3 Å². The summed E-state index contributed by atoms with van der Waals surface area (Å²) in [6, 6.07) is 16.8. The normalized spacial score (nSPS) is 12.8. The van der Waals surface area contributed by atoms with E-state index in [0.29, 0.717) is 6.61 Å². The van der Waals surface area contributed by atoms with E-state index in [1.165, 1.54) is 27.7 Å². The van der Waals surface area contributed by atoms with Gasteiger partial charge in [-0.05, 0) is 42.3 Å². The highest BCUT2D eigenvalue weighted by Crippen LogP contribution is 2.28. The molecular formula is C20H22N2O3. The van der Waals surface area contributed by atoms with E-state index in [2.05, 4.69) is 52.8 Å². The fourth-order valence-electron chi connectivity index (χ4n) is 3.17. The summed E-state index contributed by atoms with van der Waals surface area (Å²) in [6.45, 7) is 2.46. The Kier molecular flexibility index (Phi) is 5.69. The Balaban J connectivity index is 0.000000569. The van der Waals surface area contributed by atoms with Crippen LogP contribution in [0, 0.1) is 0 Å². The molecule has 4 rings (SSSR count). The van der Waals surface area contributed by atoms with Gasteiger partial charge >= 0.3 is 0 Å². The predicted octanol–water partition coefficient (Wildman–Crippen LogP) is 3.14. The van der Waals surface area contributed by atoms with Crippen molar-refractivity contribution in [2.24, 2.45) is 0 Å². The minimum atomic E-state index is -0.250. The van der Waals surface area contributed by atoms with Gasteiger partial charge < -0.3 is 20.1 Å². The molecule has 2 heterocycles. The number of carboxylic acid groups (broad SMARTS) is 1. The summed E-state index contributed by atoms with van der Waals surface area (Å²) < 4.78 is 5.95. The van der Waals surface area contributed by atoms with E-state index in [4.69, 9.17) is 14.6 Å². The lowest BCUT2D eigenvalue weighted by atomic mass is 10.0. The molecule has 2 aromatic carbocycles. The van der Waals surface area contributed by atoms with Gasteiger partial charge in [0.05, 0.1) is 6.61 Å². The Morgan fingerprint density at radius 2 is 1.96 bits per heavy atom. The molecule has 25 heavy (non-hydrogen) atoms. The summed E-state index contributed by atoms with van der Waals surface area (Å²) >= 11 is 0. The van der Waals surface area contributed by atoms with E-state index >= 15 is 0 Å². The van der Waals surface area contributed by atoms with Gasteiger partial charge in [0.25, 0.3) is 6.47 Å². The maximum Gasteiger partial charge on any atom is 0.290 e. The number of aromatic nitrogens is 1. The SMILES string of the molecule is O=CO.c1ccc(CCOc2ccc3[nH]c4c(c3c2)CCNC4)cc1. The van der Waals surface area contributed by atoms with Crippen molar-refractivity contribution >= 4 is 17.4 Å². The zero-order chi connectivity index (χ0) is 17.5. The van der Waals surface area contributed by atoms with Crippen LogP contribution in [0.1, 0.15) is 16.8 Å². The van der Waals surface area contributed by atoms with E-state index in [1.807, 2.05) is 6.07 Å². The van der Waals surface area contributed by atoms with Crippen LogP contribution in [0.3, 0.4) is 0 Å². The molecule has 1 aliphatic heterocycles. The van der Waals surface area contributed by atoms with Crippen molar-refractivity contribution in [2.45, 2.75) is 19.4 Å². The van der Waals surface area contributed by atoms with Crippen molar-refractivity contribution in [1.82, 2.24) is 10.3 Å². The van der Waals surface area contributed by atoms with Gasteiger partial charge in [-0.3, -0.25) is 4.79 Å². The van der Waals surface area contributed by atoms with Crippen LogP contribution >= 0.6 is 0 Å². The smallest absolute Gasteiger partial charge is 0.290 e. The molecule has 0 saturated carbocycles. The largest absolute Gasteiger partial charge is 0.493 e. The van der Waals surface area contributed by atoms with Crippen LogP contribution in [-0.2, 0) is 24.2 Å². The predicted molar refractivity (Wildman–Crippen MR) is 98.0 cm³/mol. The first-order chi connectivity index (χ1) is 12.3. The number of hydrogen-bond donors (Lipinski definition) is 3. The molecule has 5 heteroatoms. The van der Waals surface area contributed by atoms with Gasteiger partial charge in [-0.2, -0.15) is 0 Å². The van der Waals surface area contributed by atoms with E-state index < -0.39 is 0 Å². The molecule has 3 aromatic rings. The quantitative estimate of drug-likeness (QED) is 0.639. The molecule has 0 radical (unpaired) electrons. The second kappa shape index (κ2) is 8.35. The molecule has 130 valence electrons. The van der Waals surface area contributed by atoms with E-state index in [9.17, 15) is 0 Å². The maximum absolute atomic E-state index is 8.36. The van der Waals surface area contributed by atoms with Crippen molar-refractivity contribution in [3.8, 4) is 5.75 Å². The Hall–Kier alpha value is -2.79. The number of hydrogen-bond acceptors (Lipinski definition) is 3. The van der Waals surface area contributed by atoms with E-state index in [-0.39, 0.29) is 6.47 Å². The number of H-pyrrole nitrogens is 1. The first-order valence-corrected chi connectivity index (χ1v) is 8.40. The third-order valence-electron chi connectivity index (χ3n) is 4.32. The second-order valence-electron chi connectivity index (χ2n) is 5.91. The molecule has 1 aromatic heterocycles. The summed E-state index contributed by atoms with van der Waals surface area (Å²) in [7, 11) is 0. The van der Waals surface area contributed by atoms with Crippen LogP contribution < -0.4 is 10.1 Å².